The molecular formula is C25H22N4O2S. The number of imidazole rings is 1. The summed E-state index contributed by atoms with van der Waals surface area (Å²) in [6, 6.07) is 26.1. The lowest BCUT2D eigenvalue weighted by Crippen LogP contribution is -2.20. The second-order valence-corrected chi connectivity index (χ2v) is 8.29. The Morgan fingerprint density at radius 2 is 1.66 bits per heavy atom. The van der Waals surface area contributed by atoms with Crippen LogP contribution in [0.1, 0.15) is 28.1 Å². The molecule has 0 saturated carbocycles. The molecule has 0 bridgehead atoms. The van der Waals surface area contributed by atoms with Crippen molar-refractivity contribution in [2.45, 2.75) is 17.3 Å². The number of thioether (sulfide) groups is 1. The Kier molecular flexibility index (Phi) is 6.37. The Labute approximate surface area is 190 Å². The third-order valence-electron chi connectivity index (χ3n) is 4.87. The summed E-state index contributed by atoms with van der Waals surface area (Å²) in [6.45, 7) is 1.49. The molecule has 160 valence electrons. The summed E-state index contributed by atoms with van der Waals surface area (Å²) < 4.78 is 1.44. The van der Waals surface area contributed by atoms with Crippen LogP contribution in [0.3, 0.4) is 0 Å². The zero-order valence-corrected chi connectivity index (χ0v) is 18.3. The minimum atomic E-state index is -0.592. The van der Waals surface area contributed by atoms with Gasteiger partial charge >= 0.3 is 0 Å². The smallest absolute Gasteiger partial charge is 0.242 e. The molecule has 0 aliphatic heterocycles. The van der Waals surface area contributed by atoms with Crippen molar-refractivity contribution in [2.75, 3.05) is 11.2 Å². The summed E-state index contributed by atoms with van der Waals surface area (Å²) in [4.78, 5) is 29.6. The number of benzene rings is 3. The molecule has 4 aromatic rings. The van der Waals surface area contributed by atoms with Gasteiger partial charge in [0.15, 0.2) is 10.9 Å². The van der Waals surface area contributed by atoms with Crippen molar-refractivity contribution >= 4 is 29.1 Å². The molecule has 3 N–H and O–H groups in total. The van der Waals surface area contributed by atoms with Crippen LogP contribution in [0.2, 0.25) is 0 Å². The Balaban J connectivity index is 1.62. The quantitative estimate of drug-likeness (QED) is 0.240. The molecule has 7 heteroatoms. The largest absolute Gasteiger partial charge is 0.337 e. The molecule has 3 aromatic carbocycles. The second-order valence-electron chi connectivity index (χ2n) is 7.22. The number of carbonyl (C=O) groups excluding carboxylic acids is 2. The van der Waals surface area contributed by atoms with Crippen molar-refractivity contribution < 1.29 is 9.59 Å². The SMILES string of the molecule is CC(=O)c1cccc(NC(=O)C(Sc2nc(-c3ccccc3)cn2N)c2ccccc2)c1. The second kappa shape index (κ2) is 9.53. The average molecular weight is 443 g/mol. The summed E-state index contributed by atoms with van der Waals surface area (Å²) in [6.07, 6.45) is 1.74. The van der Waals surface area contributed by atoms with E-state index in [2.05, 4.69) is 10.3 Å². The number of rotatable bonds is 7. The standard InChI is InChI=1S/C25H22N4O2S/c1-17(30)20-13-8-14-21(15-20)27-24(31)23(19-11-6-3-7-12-19)32-25-28-22(16-29(25)26)18-9-4-2-5-10-18/h2-16,23H,26H2,1H3,(H,27,31). The van der Waals surface area contributed by atoms with Gasteiger partial charge in [0, 0.05) is 16.8 Å². The summed E-state index contributed by atoms with van der Waals surface area (Å²) in [5, 5.41) is 2.85. The Bertz CT molecular complexity index is 1240. The fourth-order valence-electron chi connectivity index (χ4n) is 3.24. The van der Waals surface area contributed by atoms with Crippen molar-refractivity contribution in [3.63, 3.8) is 0 Å². The number of hydrogen-bond donors (Lipinski definition) is 2. The number of Topliss-reactive ketones (excluding diaryl/α,β-unsaturated/α-hetero) is 1. The third kappa shape index (κ3) is 4.90. The van der Waals surface area contributed by atoms with E-state index in [9.17, 15) is 9.59 Å². The Morgan fingerprint density at radius 1 is 0.969 bits per heavy atom. The van der Waals surface area contributed by atoms with E-state index in [1.54, 1.807) is 30.5 Å². The van der Waals surface area contributed by atoms with Gasteiger partial charge in [-0.3, -0.25) is 9.59 Å². The van der Waals surface area contributed by atoms with Gasteiger partial charge in [-0.1, -0.05) is 84.6 Å². The lowest BCUT2D eigenvalue weighted by molar-refractivity contribution is -0.115. The third-order valence-corrected chi connectivity index (χ3v) is 6.10. The number of aromatic nitrogens is 2. The van der Waals surface area contributed by atoms with Crippen LogP contribution in [0.4, 0.5) is 5.69 Å². The fourth-order valence-corrected chi connectivity index (χ4v) is 4.24. The van der Waals surface area contributed by atoms with Crippen molar-refractivity contribution in [3.8, 4) is 11.3 Å². The Morgan fingerprint density at radius 3 is 2.34 bits per heavy atom. The van der Waals surface area contributed by atoms with E-state index < -0.39 is 5.25 Å². The first-order valence-corrected chi connectivity index (χ1v) is 10.9. The highest BCUT2D eigenvalue weighted by Crippen LogP contribution is 2.36. The first kappa shape index (κ1) is 21.4. The van der Waals surface area contributed by atoms with Gasteiger partial charge in [-0.2, -0.15) is 0 Å². The molecule has 32 heavy (non-hydrogen) atoms. The van der Waals surface area contributed by atoms with Gasteiger partial charge in [0.2, 0.25) is 5.91 Å². The molecule has 4 rings (SSSR count). The zero-order valence-electron chi connectivity index (χ0n) is 17.4. The van der Waals surface area contributed by atoms with Gasteiger partial charge in [0.1, 0.15) is 5.25 Å². The van der Waals surface area contributed by atoms with Gasteiger partial charge in [-0.05, 0) is 24.6 Å². The summed E-state index contributed by atoms with van der Waals surface area (Å²) >= 11 is 1.27. The van der Waals surface area contributed by atoms with Crippen molar-refractivity contribution in [1.82, 2.24) is 9.66 Å². The van der Waals surface area contributed by atoms with Crippen LogP contribution in [0.25, 0.3) is 11.3 Å². The lowest BCUT2D eigenvalue weighted by Gasteiger charge is -2.17. The molecule has 1 amide bonds. The monoisotopic (exact) mass is 442 g/mol. The molecule has 1 unspecified atom stereocenters. The Hall–Kier alpha value is -3.84. The molecule has 0 aliphatic carbocycles. The first-order valence-electron chi connectivity index (χ1n) is 10.0. The predicted octanol–water partition coefficient (Wildman–Crippen LogP) is 4.94. The molecule has 6 nitrogen and oxygen atoms in total. The highest BCUT2D eigenvalue weighted by Gasteiger charge is 2.25. The number of anilines is 1. The van der Waals surface area contributed by atoms with Crippen molar-refractivity contribution in [2.24, 2.45) is 0 Å². The van der Waals surface area contributed by atoms with Crippen LogP contribution < -0.4 is 11.2 Å². The number of nitrogens with zero attached hydrogens (tertiary/aromatic N) is 2. The summed E-state index contributed by atoms with van der Waals surface area (Å²) in [5.74, 6) is 5.88. The number of carbonyl (C=O) groups is 2. The van der Waals surface area contributed by atoms with Crippen molar-refractivity contribution in [1.29, 1.82) is 0 Å². The van der Waals surface area contributed by atoms with E-state index in [-0.39, 0.29) is 11.7 Å². The molecule has 0 spiro atoms. The van der Waals surface area contributed by atoms with Crippen LogP contribution >= 0.6 is 11.8 Å². The maximum atomic E-state index is 13.3. The molecule has 1 atom stereocenters. The van der Waals surface area contributed by atoms with Gasteiger partial charge in [0.25, 0.3) is 0 Å². The lowest BCUT2D eigenvalue weighted by atomic mass is 10.1. The number of nitrogen functional groups attached to an aromatic ring is 1. The van der Waals surface area contributed by atoms with E-state index >= 15 is 0 Å². The van der Waals surface area contributed by atoms with E-state index in [1.807, 2.05) is 60.7 Å². The van der Waals surface area contributed by atoms with Crippen molar-refractivity contribution in [3.05, 3.63) is 102 Å². The molecule has 0 radical (unpaired) electrons. The normalized spacial score (nSPS) is 11.7. The number of hydrogen-bond acceptors (Lipinski definition) is 5. The summed E-state index contributed by atoms with van der Waals surface area (Å²) in [5.41, 5.74) is 3.60. The fraction of sp³-hybridized carbons (Fsp3) is 0.0800. The maximum absolute atomic E-state index is 13.3. The number of nitrogens with one attached hydrogen (secondary N) is 1. The molecule has 1 aromatic heterocycles. The minimum absolute atomic E-state index is 0.0614. The van der Waals surface area contributed by atoms with Gasteiger partial charge in [-0.25, -0.2) is 9.66 Å². The van der Waals surface area contributed by atoms with Crippen LogP contribution in [-0.4, -0.2) is 21.4 Å². The van der Waals surface area contributed by atoms with E-state index in [4.69, 9.17) is 5.84 Å². The van der Waals surface area contributed by atoms with Crippen LogP contribution in [0, 0.1) is 0 Å². The number of ketones is 1. The first-order chi connectivity index (χ1) is 15.5. The summed E-state index contributed by atoms with van der Waals surface area (Å²) in [7, 11) is 0. The average Bonchev–Trinajstić information content (AvgIpc) is 3.19. The number of amides is 1. The maximum Gasteiger partial charge on any atom is 0.242 e. The van der Waals surface area contributed by atoms with Gasteiger partial charge < -0.3 is 11.2 Å². The molecule has 0 saturated heterocycles. The predicted molar refractivity (Wildman–Crippen MR) is 128 cm³/mol. The number of nitrogens with two attached hydrogens (primary N) is 1. The van der Waals surface area contributed by atoms with Gasteiger partial charge in [0.05, 0.1) is 11.9 Å². The minimum Gasteiger partial charge on any atom is -0.337 e. The topological polar surface area (TPSA) is 90.0 Å². The zero-order chi connectivity index (χ0) is 22.5. The van der Waals surface area contributed by atoms with Gasteiger partial charge in [-0.15, -0.1) is 0 Å². The highest BCUT2D eigenvalue weighted by molar-refractivity contribution is 8.00. The van der Waals surface area contributed by atoms with E-state index in [0.29, 0.717) is 16.4 Å². The van der Waals surface area contributed by atoms with E-state index in [1.165, 1.54) is 23.4 Å². The highest BCUT2D eigenvalue weighted by atomic mass is 32.2. The van der Waals surface area contributed by atoms with Crippen LogP contribution in [-0.2, 0) is 4.79 Å². The molecule has 0 aliphatic rings. The molecular weight excluding hydrogens is 420 g/mol. The molecule has 0 fully saturated rings. The van der Waals surface area contributed by atoms with Crippen LogP contribution in [0.15, 0.2) is 96.3 Å². The van der Waals surface area contributed by atoms with Crippen LogP contribution in [0.5, 0.6) is 0 Å². The molecule has 1 heterocycles. The van der Waals surface area contributed by atoms with E-state index in [0.717, 1.165) is 16.8 Å².